The van der Waals surface area contributed by atoms with Gasteiger partial charge in [-0.3, -0.25) is 4.90 Å². The van der Waals surface area contributed by atoms with Crippen molar-refractivity contribution < 1.29 is 9.47 Å². The van der Waals surface area contributed by atoms with E-state index in [1.165, 1.54) is 27.5 Å². The lowest BCUT2D eigenvalue weighted by Crippen LogP contribution is -2.35. The molecule has 3 heterocycles. The third-order valence-corrected chi connectivity index (χ3v) is 6.56. The molecular formula is C18H18ClN3O2S2. The molecule has 1 atom stereocenters. The Morgan fingerprint density at radius 1 is 1.27 bits per heavy atom. The maximum absolute atomic E-state index is 6.25. The Hall–Kier alpha value is -1.67. The van der Waals surface area contributed by atoms with E-state index >= 15 is 0 Å². The summed E-state index contributed by atoms with van der Waals surface area (Å²) in [6.07, 6.45) is 0.937. The van der Waals surface area contributed by atoms with Gasteiger partial charge in [-0.1, -0.05) is 22.2 Å². The zero-order chi connectivity index (χ0) is 18.1. The van der Waals surface area contributed by atoms with Crippen molar-refractivity contribution in [3.8, 4) is 11.5 Å². The van der Waals surface area contributed by atoms with Gasteiger partial charge in [-0.05, 0) is 41.1 Å². The van der Waals surface area contributed by atoms with Crippen LogP contribution in [0.2, 0.25) is 4.34 Å². The molecule has 0 radical (unpaired) electrons. The van der Waals surface area contributed by atoms with Gasteiger partial charge in [-0.25, -0.2) is 0 Å². The fourth-order valence-electron chi connectivity index (χ4n) is 3.43. The van der Waals surface area contributed by atoms with Gasteiger partial charge in [0.25, 0.3) is 0 Å². The second-order valence-corrected chi connectivity index (χ2v) is 8.37. The number of nitrogens with zero attached hydrogens (tertiary/aromatic N) is 3. The summed E-state index contributed by atoms with van der Waals surface area (Å²) < 4.78 is 15.7. The van der Waals surface area contributed by atoms with E-state index in [0.717, 1.165) is 30.2 Å². The highest BCUT2D eigenvalue weighted by Gasteiger charge is 2.32. The summed E-state index contributed by atoms with van der Waals surface area (Å²) in [7, 11) is 3.35. The van der Waals surface area contributed by atoms with Crippen molar-refractivity contribution in [2.45, 2.75) is 19.0 Å². The fourth-order valence-corrected chi connectivity index (χ4v) is 4.92. The predicted molar refractivity (Wildman–Crippen MR) is 105 cm³/mol. The highest BCUT2D eigenvalue weighted by atomic mass is 35.5. The van der Waals surface area contributed by atoms with Crippen molar-refractivity contribution >= 4 is 34.5 Å². The Balaban J connectivity index is 1.78. The molecule has 136 valence electrons. The predicted octanol–water partition coefficient (Wildman–Crippen LogP) is 4.42. The van der Waals surface area contributed by atoms with Crippen LogP contribution >= 0.6 is 34.5 Å². The second kappa shape index (κ2) is 7.52. The zero-order valence-corrected chi connectivity index (χ0v) is 16.8. The molecule has 0 aliphatic carbocycles. The van der Waals surface area contributed by atoms with Crippen molar-refractivity contribution in [2.75, 3.05) is 20.8 Å². The van der Waals surface area contributed by atoms with Crippen LogP contribution in [-0.4, -0.2) is 35.3 Å². The number of fused-ring (bicyclic) bond motifs is 1. The molecule has 8 heteroatoms. The highest BCUT2D eigenvalue weighted by molar-refractivity contribution is 7.10. The van der Waals surface area contributed by atoms with Gasteiger partial charge in [-0.2, -0.15) is 0 Å². The van der Waals surface area contributed by atoms with Gasteiger partial charge in [0, 0.05) is 29.5 Å². The number of halogens is 1. The highest BCUT2D eigenvalue weighted by Crippen LogP contribution is 2.42. The third kappa shape index (κ3) is 3.20. The lowest BCUT2D eigenvalue weighted by Gasteiger charge is -2.37. The molecule has 0 spiro atoms. The Morgan fingerprint density at radius 3 is 2.73 bits per heavy atom. The van der Waals surface area contributed by atoms with Gasteiger partial charge in [0.05, 0.1) is 20.3 Å². The Bertz CT molecular complexity index is 898. The first kappa shape index (κ1) is 17.7. The number of hydrogen-bond donors (Lipinski definition) is 0. The maximum atomic E-state index is 6.25. The third-order valence-electron chi connectivity index (χ3n) is 4.65. The topological polar surface area (TPSA) is 47.5 Å². The van der Waals surface area contributed by atoms with Crippen LogP contribution in [0, 0.1) is 0 Å². The van der Waals surface area contributed by atoms with E-state index in [0.29, 0.717) is 10.9 Å². The summed E-state index contributed by atoms with van der Waals surface area (Å²) >= 11 is 9.24. The Kier molecular flexibility index (Phi) is 5.13. The molecule has 1 aliphatic heterocycles. The number of rotatable bonds is 5. The van der Waals surface area contributed by atoms with Crippen LogP contribution in [-0.2, 0) is 13.0 Å². The van der Waals surface area contributed by atoms with Crippen molar-refractivity contribution in [3.63, 3.8) is 0 Å². The lowest BCUT2D eigenvalue weighted by molar-refractivity contribution is 0.203. The Morgan fingerprint density at radius 2 is 2.08 bits per heavy atom. The van der Waals surface area contributed by atoms with Crippen molar-refractivity contribution in [2.24, 2.45) is 0 Å². The monoisotopic (exact) mass is 407 g/mol. The van der Waals surface area contributed by atoms with Gasteiger partial charge in [0.1, 0.15) is 10.0 Å². The van der Waals surface area contributed by atoms with E-state index in [2.05, 4.69) is 44.1 Å². The summed E-state index contributed by atoms with van der Waals surface area (Å²) in [6, 6.07) is 8.60. The summed E-state index contributed by atoms with van der Waals surface area (Å²) in [5.74, 6) is 1.53. The number of thiophene rings is 1. The molecule has 4 rings (SSSR count). The molecule has 0 saturated heterocycles. The van der Waals surface area contributed by atoms with Gasteiger partial charge < -0.3 is 9.47 Å². The first-order valence-electron chi connectivity index (χ1n) is 8.20. The fraction of sp³-hybridized carbons (Fsp3) is 0.333. The van der Waals surface area contributed by atoms with Crippen LogP contribution in [0.4, 0.5) is 0 Å². The molecule has 2 aromatic heterocycles. The van der Waals surface area contributed by atoms with Gasteiger partial charge >= 0.3 is 0 Å². The van der Waals surface area contributed by atoms with Gasteiger partial charge in [0.15, 0.2) is 11.5 Å². The summed E-state index contributed by atoms with van der Waals surface area (Å²) in [4.78, 5) is 3.69. The average Bonchev–Trinajstić information content (AvgIpc) is 3.32. The molecule has 0 amide bonds. The minimum Gasteiger partial charge on any atom is -0.493 e. The van der Waals surface area contributed by atoms with E-state index in [9.17, 15) is 0 Å². The van der Waals surface area contributed by atoms with Crippen LogP contribution in [0.1, 0.15) is 27.7 Å². The van der Waals surface area contributed by atoms with Crippen LogP contribution < -0.4 is 9.47 Å². The van der Waals surface area contributed by atoms with E-state index in [4.69, 9.17) is 21.1 Å². The molecule has 3 aromatic rings. The molecule has 0 unspecified atom stereocenters. The molecule has 26 heavy (non-hydrogen) atoms. The largest absolute Gasteiger partial charge is 0.493 e. The molecule has 1 aromatic carbocycles. The maximum Gasteiger partial charge on any atom is 0.161 e. The van der Waals surface area contributed by atoms with Crippen LogP contribution in [0.15, 0.2) is 29.6 Å². The van der Waals surface area contributed by atoms with Crippen molar-refractivity contribution in [1.29, 1.82) is 0 Å². The lowest BCUT2D eigenvalue weighted by atomic mass is 9.90. The number of benzene rings is 1. The van der Waals surface area contributed by atoms with Gasteiger partial charge in [-0.15, -0.1) is 16.4 Å². The van der Waals surface area contributed by atoms with E-state index in [1.54, 1.807) is 25.6 Å². The van der Waals surface area contributed by atoms with Crippen molar-refractivity contribution in [3.05, 3.63) is 55.7 Å². The molecule has 0 saturated carbocycles. The molecule has 0 fully saturated rings. The quantitative estimate of drug-likeness (QED) is 0.626. The molecular weight excluding hydrogens is 390 g/mol. The smallest absolute Gasteiger partial charge is 0.161 e. The van der Waals surface area contributed by atoms with Crippen molar-refractivity contribution in [1.82, 2.24) is 14.5 Å². The number of ether oxygens (including phenoxy) is 2. The van der Waals surface area contributed by atoms with E-state index in [-0.39, 0.29) is 6.04 Å². The number of aromatic nitrogens is 2. The second-order valence-electron chi connectivity index (χ2n) is 6.04. The number of methoxy groups -OCH3 is 2. The zero-order valence-electron chi connectivity index (χ0n) is 14.4. The normalized spacial score (nSPS) is 17.1. The molecule has 1 aliphatic rings. The standard InChI is InChI=1S/C18H18ClN3O2S2/c1-23-14-8-11-5-6-22(10-13-18(19)26-21-20-13)17(16-4-3-7-25-16)12(11)9-15(14)24-2/h3-4,7-9,17H,5-6,10H2,1-2H3/t17-/m1/s1. The molecule has 5 nitrogen and oxygen atoms in total. The minimum atomic E-state index is 0.135. The SMILES string of the molecule is COc1cc2c(cc1OC)[C@H](c1cccs1)N(Cc1nnsc1Cl)CC2. The van der Waals surface area contributed by atoms with Gasteiger partial charge in [0.2, 0.25) is 0 Å². The first-order chi connectivity index (χ1) is 12.7. The minimum absolute atomic E-state index is 0.135. The summed E-state index contributed by atoms with van der Waals surface area (Å²) in [6.45, 7) is 1.59. The summed E-state index contributed by atoms with van der Waals surface area (Å²) in [5, 5.41) is 6.31. The number of hydrogen-bond acceptors (Lipinski definition) is 7. The van der Waals surface area contributed by atoms with Crippen LogP contribution in [0.25, 0.3) is 0 Å². The molecule has 0 N–H and O–H groups in total. The Labute approximate surface area is 165 Å². The van der Waals surface area contributed by atoms with E-state index in [1.807, 2.05) is 0 Å². The van der Waals surface area contributed by atoms with Crippen LogP contribution in [0.3, 0.4) is 0 Å². The van der Waals surface area contributed by atoms with Crippen LogP contribution in [0.5, 0.6) is 11.5 Å². The summed E-state index contributed by atoms with van der Waals surface area (Å²) in [5.41, 5.74) is 3.37. The van der Waals surface area contributed by atoms with E-state index < -0.39 is 0 Å². The molecule has 0 bridgehead atoms. The average molecular weight is 408 g/mol. The first-order valence-corrected chi connectivity index (χ1v) is 10.2.